The monoisotopic (exact) mass is 364 g/mol. The summed E-state index contributed by atoms with van der Waals surface area (Å²) in [6.07, 6.45) is 4.06. The van der Waals surface area contributed by atoms with Crippen LogP contribution in [0.15, 0.2) is 22.8 Å². The quantitative estimate of drug-likeness (QED) is 0.501. The molecule has 0 radical (unpaired) electrons. The number of fused-ring (bicyclic) bond motifs is 1. The fourth-order valence-electron chi connectivity index (χ4n) is 4.98. The number of aliphatic hydroxyl groups is 2. The Morgan fingerprint density at radius 1 is 1.15 bits per heavy atom. The van der Waals surface area contributed by atoms with Gasteiger partial charge in [-0.05, 0) is 65.4 Å². The Kier molecular flexibility index (Phi) is 4.77. The van der Waals surface area contributed by atoms with Crippen LogP contribution in [0.4, 0.5) is 4.79 Å². The molecule has 0 aromatic carbocycles. The van der Waals surface area contributed by atoms with Gasteiger partial charge >= 0.3 is 6.16 Å². The van der Waals surface area contributed by atoms with Crippen molar-refractivity contribution in [3.8, 4) is 0 Å². The smallest absolute Gasteiger partial charge is 0.422 e. The molecular weight excluding hydrogens is 332 g/mol. The minimum Gasteiger partial charge on any atom is -0.422 e. The number of ether oxygens (including phenoxy) is 2. The first-order chi connectivity index (χ1) is 12.0. The molecule has 2 aliphatic carbocycles. The van der Waals surface area contributed by atoms with Crippen molar-refractivity contribution in [1.29, 1.82) is 0 Å². The van der Waals surface area contributed by atoms with E-state index in [9.17, 15) is 15.0 Å². The van der Waals surface area contributed by atoms with Crippen LogP contribution in [-0.4, -0.2) is 39.8 Å². The second-order valence-corrected chi connectivity index (χ2v) is 9.11. The summed E-state index contributed by atoms with van der Waals surface area (Å²) >= 11 is 0. The second-order valence-electron chi connectivity index (χ2n) is 9.11. The summed E-state index contributed by atoms with van der Waals surface area (Å²) in [5.74, 6) is 0. The molecule has 1 saturated heterocycles. The SMILES string of the molecule is CC1=C2C[C@@H](O)[C@@](C)(O)CCC/C(C)=C/[C@@H]3OC(=O)O[C@@]3(CC1)C2(C)C. The van der Waals surface area contributed by atoms with Gasteiger partial charge in [0.2, 0.25) is 0 Å². The van der Waals surface area contributed by atoms with Crippen LogP contribution >= 0.6 is 0 Å². The van der Waals surface area contributed by atoms with Gasteiger partial charge < -0.3 is 19.7 Å². The molecule has 146 valence electrons. The van der Waals surface area contributed by atoms with Gasteiger partial charge in [-0.2, -0.15) is 0 Å². The minimum absolute atomic E-state index is 0.376. The lowest BCUT2D eigenvalue weighted by molar-refractivity contribution is -0.0832. The standard InChI is InChI=1S/C21H32O5/c1-13-7-6-9-20(5,24)16(22)12-15-14(2)8-10-21(19(15,3)4)17(11-13)25-18(23)26-21/h11,16-17,22,24H,6-10,12H2,1-5H3/b13-11+/t16-,17+,20+,21-/m1/s1. The fraction of sp³-hybridized carbons (Fsp3) is 0.762. The Morgan fingerprint density at radius 2 is 1.85 bits per heavy atom. The molecule has 0 unspecified atom stereocenters. The molecule has 0 saturated carbocycles. The molecule has 4 atom stereocenters. The van der Waals surface area contributed by atoms with Gasteiger partial charge in [0.05, 0.1) is 11.7 Å². The molecule has 3 aliphatic rings. The van der Waals surface area contributed by atoms with E-state index in [2.05, 4.69) is 20.8 Å². The largest absolute Gasteiger partial charge is 0.509 e. The van der Waals surface area contributed by atoms with Crippen molar-refractivity contribution >= 4 is 6.16 Å². The molecule has 1 aliphatic heterocycles. The zero-order chi connectivity index (χ0) is 19.3. The molecule has 26 heavy (non-hydrogen) atoms. The van der Waals surface area contributed by atoms with Gasteiger partial charge in [0.25, 0.3) is 0 Å². The normalized spacial score (nSPS) is 42.6. The molecule has 0 amide bonds. The Balaban J connectivity index is 2.13. The average molecular weight is 364 g/mol. The molecule has 2 bridgehead atoms. The van der Waals surface area contributed by atoms with Crippen molar-refractivity contribution in [2.24, 2.45) is 5.41 Å². The van der Waals surface area contributed by atoms with Crippen LogP contribution in [0, 0.1) is 5.41 Å². The lowest BCUT2D eigenvalue weighted by atomic mass is 9.58. The van der Waals surface area contributed by atoms with Gasteiger partial charge in [0.1, 0.15) is 0 Å². The second kappa shape index (κ2) is 6.38. The third-order valence-electron chi connectivity index (χ3n) is 6.95. The van der Waals surface area contributed by atoms with Gasteiger partial charge in [-0.3, -0.25) is 0 Å². The van der Waals surface area contributed by atoms with Gasteiger partial charge in [0.15, 0.2) is 11.7 Å². The minimum atomic E-state index is -1.14. The first-order valence-corrected chi connectivity index (χ1v) is 9.66. The Hall–Kier alpha value is -1.33. The highest BCUT2D eigenvalue weighted by molar-refractivity contribution is 5.65. The lowest BCUT2D eigenvalue weighted by Crippen LogP contribution is -2.55. The first kappa shape index (κ1) is 19.4. The lowest BCUT2D eigenvalue weighted by Gasteiger charge is -2.50. The van der Waals surface area contributed by atoms with E-state index < -0.39 is 35.0 Å². The summed E-state index contributed by atoms with van der Waals surface area (Å²) in [5.41, 5.74) is 0.961. The van der Waals surface area contributed by atoms with E-state index in [1.54, 1.807) is 6.92 Å². The van der Waals surface area contributed by atoms with Crippen molar-refractivity contribution < 1.29 is 24.5 Å². The van der Waals surface area contributed by atoms with E-state index in [0.29, 0.717) is 19.3 Å². The molecule has 1 heterocycles. The number of rotatable bonds is 0. The van der Waals surface area contributed by atoms with Crippen LogP contribution in [0.25, 0.3) is 0 Å². The number of carbonyl (C=O) groups excluding carboxylic acids is 1. The van der Waals surface area contributed by atoms with E-state index in [1.807, 2.05) is 13.0 Å². The maximum absolute atomic E-state index is 12.1. The predicted octanol–water partition coefficient (Wildman–Crippen LogP) is 4.03. The number of carbonyl (C=O) groups is 1. The zero-order valence-electron chi connectivity index (χ0n) is 16.6. The average Bonchev–Trinajstić information content (AvgIpc) is 2.84. The summed E-state index contributed by atoms with van der Waals surface area (Å²) in [5, 5.41) is 21.6. The topological polar surface area (TPSA) is 76.0 Å². The zero-order valence-corrected chi connectivity index (χ0v) is 16.6. The number of aliphatic hydroxyl groups excluding tert-OH is 1. The van der Waals surface area contributed by atoms with E-state index in [-0.39, 0.29) is 0 Å². The van der Waals surface area contributed by atoms with Gasteiger partial charge in [-0.15, -0.1) is 0 Å². The highest BCUT2D eigenvalue weighted by Gasteiger charge is 2.62. The van der Waals surface area contributed by atoms with E-state index in [1.165, 1.54) is 5.57 Å². The van der Waals surface area contributed by atoms with Crippen LogP contribution in [0.2, 0.25) is 0 Å². The van der Waals surface area contributed by atoms with Gasteiger partial charge in [-0.25, -0.2) is 4.79 Å². The maximum Gasteiger partial charge on any atom is 0.509 e. The first-order valence-electron chi connectivity index (χ1n) is 9.66. The highest BCUT2D eigenvalue weighted by Crippen LogP contribution is 2.56. The summed E-state index contributed by atoms with van der Waals surface area (Å²) in [4.78, 5) is 12.1. The summed E-state index contributed by atoms with van der Waals surface area (Å²) < 4.78 is 11.4. The molecule has 1 fully saturated rings. The van der Waals surface area contributed by atoms with Crippen LogP contribution in [0.1, 0.15) is 73.1 Å². The Morgan fingerprint density at radius 3 is 2.54 bits per heavy atom. The van der Waals surface area contributed by atoms with Crippen molar-refractivity contribution in [3.05, 3.63) is 22.8 Å². The number of allylic oxidation sites excluding steroid dienone is 2. The van der Waals surface area contributed by atoms with Gasteiger partial charge in [0, 0.05) is 5.41 Å². The van der Waals surface area contributed by atoms with E-state index in [4.69, 9.17) is 9.47 Å². The number of hydrogen-bond acceptors (Lipinski definition) is 5. The van der Waals surface area contributed by atoms with Crippen molar-refractivity contribution in [2.75, 3.05) is 0 Å². The molecule has 2 N–H and O–H groups in total. The van der Waals surface area contributed by atoms with Crippen molar-refractivity contribution in [1.82, 2.24) is 0 Å². The summed E-state index contributed by atoms with van der Waals surface area (Å²) in [6.45, 7) is 9.94. The molecule has 3 rings (SSSR count). The molecular formula is C21H32O5. The van der Waals surface area contributed by atoms with E-state index >= 15 is 0 Å². The molecule has 1 spiro atoms. The summed E-state index contributed by atoms with van der Waals surface area (Å²) in [6, 6.07) is 0. The Labute approximate surface area is 156 Å². The maximum atomic E-state index is 12.1. The van der Waals surface area contributed by atoms with Crippen molar-refractivity contribution in [2.45, 2.75) is 96.6 Å². The Bertz CT molecular complexity index is 657. The van der Waals surface area contributed by atoms with Crippen LogP contribution in [0.5, 0.6) is 0 Å². The van der Waals surface area contributed by atoms with Gasteiger partial charge in [-0.1, -0.05) is 30.6 Å². The van der Waals surface area contributed by atoms with Crippen LogP contribution in [0.3, 0.4) is 0 Å². The molecule has 5 heteroatoms. The third kappa shape index (κ3) is 2.99. The molecule has 0 aromatic heterocycles. The van der Waals surface area contributed by atoms with Crippen LogP contribution < -0.4 is 0 Å². The molecule has 5 nitrogen and oxygen atoms in total. The number of hydrogen-bond donors (Lipinski definition) is 2. The summed E-state index contributed by atoms with van der Waals surface area (Å²) in [7, 11) is 0. The van der Waals surface area contributed by atoms with Crippen LogP contribution in [-0.2, 0) is 9.47 Å². The highest BCUT2D eigenvalue weighted by atomic mass is 16.8. The van der Waals surface area contributed by atoms with Crippen molar-refractivity contribution in [3.63, 3.8) is 0 Å². The van der Waals surface area contributed by atoms with E-state index in [0.717, 1.165) is 30.4 Å². The predicted molar refractivity (Wildman–Crippen MR) is 98.7 cm³/mol. The third-order valence-corrected chi connectivity index (χ3v) is 6.95. The fourth-order valence-corrected chi connectivity index (χ4v) is 4.98. The molecule has 0 aromatic rings.